The van der Waals surface area contributed by atoms with E-state index in [1.54, 1.807) is 16.2 Å². The molecule has 19 heavy (non-hydrogen) atoms. The molecule has 1 aromatic heterocycles. The van der Waals surface area contributed by atoms with E-state index in [-0.39, 0.29) is 5.78 Å². The normalized spacial score (nSPS) is 14.1. The average molecular weight is 271 g/mol. The molecule has 1 aromatic carbocycles. The van der Waals surface area contributed by atoms with Crippen molar-refractivity contribution < 1.29 is 9.59 Å². The van der Waals surface area contributed by atoms with Crippen LogP contribution in [0.15, 0.2) is 29.0 Å². The smallest absolute Gasteiger partial charge is 0.299 e. The summed E-state index contributed by atoms with van der Waals surface area (Å²) >= 11 is 1.59. The van der Waals surface area contributed by atoms with Gasteiger partial charge in [0.2, 0.25) is 0 Å². The number of benzene rings is 1. The molecule has 3 rings (SSSR count). The number of hydrogen-bond donors (Lipinski definition) is 0. The quantitative estimate of drug-likeness (QED) is 0.787. The van der Waals surface area contributed by atoms with Crippen molar-refractivity contribution >= 4 is 28.7 Å². The number of carbonyl (C=O) groups excluding carboxylic acids is 2. The third-order valence-electron chi connectivity index (χ3n) is 3.45. The molecule has 1 aliphatic rings. The molecule has 1 amide bonds. The van der Waals surface area contributed by atoms with Crippen LogP contribution in [0.4, 0.5) is 5.69 Å². The van der Waals surface area contributed by atoms with Crippen molar-refractivity contribution in [3.63, 3.8) is 0 Å². The highest BCUT2D eigenvalue weighted by atomic mass is 32.1. The number of thiophene rings is 1. The summed E-state index contributed by atoms with van der Waals surface area (Å²) in [5.74, 6) is -0.801. The summed E-state index contributed by atoms with van der Waals surface area (Å²) < 4.78 is 0. The average Bonchev–Trinajstić information content (AvgIpc) is 2.97. The third-order valence-corrected chi connectivity index (χ3v) is 4.18. The number of fused-ring (bicyclic) bond motifs is 1. The molecule has 0 unspecified atom stereocenters. The highest BCUT2D eigenvalue weighted by Crippen LogP contribution is 2.35. The van der Waals surface area contributed by atoms with E-state index in [2.05, 4.69) is 0 Å². The second-order valence-electron chi connectivity index (χ2n) is 4.77. The van der Waals surface area contributed by atoms with Crippen LogP contribution in [0.1, 0.15) is 27.0 Å². The highest BCUT2D eigenvalue weighted by molar-refractivity contribution is 7.07. The fourth-order valence-corrected chi connectivity index (χ4v) is 3.14. The minimum absolute atomic E-state index is 0.383. The Kier molecular flexibility index (Phi) is 2.75. The second kappa shape index (κ2) is 4.31. The lowest BCUT2D eigenvalue weighted by atomic mass is 10.0. The van der Waals surface area contributed by atoms with Gasteiger partial charge in [0.25, 0.3) is 11.7 Å². The summed E-state index contributed by atoms with van der Waals surface area (Å²) in [6, 6.07) is 5.83. The molecule has 2 aromatic rings. The summed E-state index contributed by atoms with van der Waals surface area (Å²) in [6.07, 6.45) is 0. The summed E-state index contributed by atoms with van der Waals surface area (Å²) in [6.45, 7) is 4.27. The molecule has 2 heterocycles. The first kappa shape index (κ1) is 12.1. The van der Waals surface area contributed by atoms with Gasteiger partial charge in [-0.3, -0.25) is 9.59 Å². The maximum atomic E-state index is 12.2. The van der Waals surface area contributed by atoms with Crippen LogP contribution >= 0.6 is 11.3 Å². The van der Waals surface area contributed by atoms with Gasteiger partial charge in [0.05, 0.1) is 17.8 Å². The Hall–Kier alpha value is -1.94. The summed E-state index contributed by atoms with van der Waals surface area (Å²) in [4.78, 5) is 25.9. The zero-order valence-corrected chi connectivity index (χ0v) is 11.6. The van der Waals surface area contributed by atoms with E-state index in [1.807, 2.05) is 42.8 Å². The lowest BCUT2D eigenvalue weighted by Crippen LogP contribution is -2.29. The number of hydrogen-bond acceptors (Lipinski definition) is 3. The fourth-order valence-electron chi connectivity index (χ4n) is 2.48. The Bertz CT molecular complexity index is 674. The van der Waals surface area contributed by atoms with Crippen molar-refractivity contribution in [3.05, 3.63) is 51.2 Å². The van der Waals surface area contributed by atoms with Crippen LogP contribution < -0.4 is 4.90 Å². The molecule has 0 bridgehead atoms. The Morgan fingerprint density at radius 3 is 2.53 bits per heavy atom. The zero-order valence-electron chi connectivity index (χ0n) is 10.8. The number of nitrogens with zero attached hydrogens (tertiary/aromatic N) is 1. The van der Waals surface area contributed by atoms with Crippen molar-refractivity contribution in [3.8, 4) is 0 Å². The molecular weight excluding hydrogens is 258 g/mol. The molecule has 0 atom stereocenters. The van der Waals surface area contributed by atoms with E-state index in [0.29, 0.717) is 12.1 Å². The Morgan fingerprint density at radius 1 is 1.11 bits per heavy atom. The number of amides is 1. The molecule has 0 fully saturated rings. The van der Waals surface area contributed by atoms with Gasteiger partial charge in [-0.25, -0.2) is 0 Å². The predicted octanol–water partition coefficient (Wildman–Crippen LogP) is 3.09. The van der Waals surface area contributed by atoms with Crippen molar-refractivity contribution in [2.45, 2.75) is 20.4 Å². The summed E-state index contributed by atoms with van der Waals surface area (Å²) in [5, 5.41) is 3.97. The standard InChI is InChI=1S/C15H13NO2S/c1-9-3-4-10(2)13-12(9)14(17)15(18)16(13)7-11-5-6-19-8-11/h3-6,8H,7H2,1-2H3. The molecule has 0 N–H and O–H groups in total. The van der Waals surface area contributed by atoms with Crippen LogP contribution in [-0.2, 0) is 11.3 Å². The molecular formula is C15H13NO2S. The first-order valence-electron chi connectivity index (χ1n) is 6.07. The van der Waals surface area contributed by atoms with Gasteiger partial charge < -0.3 is 4.90 Å². The lowest BCUT2D eigenvalue weighted by molar-refractivity contribution is -0.114. The Balaban J connectivity index is 2.12. The van der Waals surface area contributed by atoms with E-state index in [9.17, 15) is 9.59 Å². The monoisotopic (exact) mass is 271 g/mol. The maximum Gasteiger partial charge on any atom is 0.299 e. The maximum absolute atomic E-state index is 12.2. The number of Topliss-reactive ketones (excluding diaryl/α,β-unsaturated/α-hetero) is 1. The van der Waals surface area contributed by atoms with Crippen LogP contribution in [0.3, 0.4) is 0 Å². The SMILES string of the molecule is Cc1ccc(C)c2c1C(=O)C(=O)N2Cc1ccsc1. The number of ketones is 1. The van der Waals surface area contributed by atoms with E-state index < -0.39 is 5.91 Å². The zero-order chi connectivity index (χ0) is 13.6. The van der Waals surface area contributed by atoms with Gasteiger partial charge in [-0.1, -0.05) is 12.1 Å². The summed E-state index contributed by atoms with van der Waals surface area (Å²) in [7, 11) is 0. The first-order valence-corrected chi connectivity index (χ1v) is 7.01. The van der Waals surface area contributed by atoms with E-state index in [1.165, 1.54) is 0 Å². The van der Waals surface area contributed by atoms with Crippen LogP contribution in [0.2, 0.25) is 0 Å². The molecule has 4 heteroatoms. The van der Waals surface area contributed by atoms with Crippen molar-refractivity contribution in [1.29, 1.82) is 0 Å². The van der Waals surface area contributed by atoms with Gasteiger partial charge in [-0.15, -0.1) is 0 Å². The fraction of sp³-hybridized carbons (Fsp3) is 0.200. The van der Waals surface area contributed by atoms with Crippen molar-refractivity contribution in [2.24, 2.45) is 0 Å². The van der Waals surface area contributed by atoms with Crippen LogP contribution in [0, 0.1) is 13.8 Å². The van der Waals surface area contributed by atoms with Gasteiger partial charge in [-0.05, 0) is 47.4 Å². The van der Waals surface area contributed by atoms with Gasteiger partial charge in [0.1, 0.15) is 0 Å². The third kappa shape index (κ3) is 1.79. The van der Waals surface area contributed by atoms with E-state index in [0.717, 1.165) is 22.4 Å². The Labute approximate surface area is 115 Å². The van der Waals surface area contributed by atoms with Crippen LogP contribution in [0.5, 0.6) is 0 Å². The Morgan fingerprint density at radius 2 is 1.84 bits per heavy atom. The second-order valence-corrected chi connectivity index (χ2v) is 5.56. The minimum atomic E-state index is -0.418. The van der Waals surface area contributed by atoms with Crippen LogP contribution in [-0.4, -0.2) is 11.7 Å². The number of rotatable bonds is 2. The summed E-state index contributed by atoms with van der Waals surface area (Å²) in [5.41, 5.74) is 4.24. The van der Waals surface area contributed by atoms with E-state index >= 15 is 0 Å². The topological polar surface area (TPSA) is 37.4 Å². The highest BCUT2D eigenvalue weighted by Gasteiger charge is 2.37. The van der Waals surface area contributed by atoms with Crippen LogP contribution in [0.25, 0.3) is 0 Å². The number of carbonyl (C=O) groups is 2. The molecule has 0 spiro atoms. The van der Waals surface area contributed by atoms with Gasteiger partial charge in [-0.2, -0.15) is 11.3 Å². The van der Waals surface area contributed by atoms with E-state index in [4.69, 9.17) is 0 Å². The molecule has 0 aliphatic carbocycles. The number of anilines is 1. The molecule has 0 saturated heterocycles. The van der Waals surface area contributed by atoms with Crippen molar-refractivity contribution in [1.82, 2.24) is 0 Å². The molecule has 0 radical (unpaired) electrons. The first-order chi connectivity index (χ1) is 9.09. The molecule has 0 saturated carbocycles. The molecule has 1 aliphatic heterocycles. The minimum Gasteiger partial charge on any atom is -0.300 e. The number of aryl methyl sites for hydroxylation is 2. The van der Waals surface area contributed by atoms with Gasteiger partial charge in [0.15, 0.2) is 0 Å². The lowest BCUT2D eigenvalue weighted by Gasteiger charge is -2.18. The predicted molar refractivity (Wildman–Crippen MR) is 75.8 cm³/mol. The largest absolute Gasteiger partial charge is 0.300 e. The van der Waals surface area contributed by atoms with Gasteiger partial charge in [0, 0.05) is 0 Å². The molecule has 3 nitrogen and oxygen atoms in total. The van der Waals surface area contributed by atoms with Gasteiger partial charge >= 0.3 is 0 Å². The van der Waals surface area contributed by atoms with Crippen molar-refractivity contribution in [2.75, 3.05) is 4.90 Å². The molecule has 96 valence electrons.